The average molecular weight is 201 g/mol. The Morgan fingerprint density at radius 2 is 2.29 bits per heavy atom. The average Bonchev–Trinajstić information content (AvgIpc) is 2.17. The van der Waals surface area contributed by atoms with Gasteiger partial charge in [0.25, 0.3) is 0 Å². The molecule has 4 heteroatoms. The van der Waals surface area contributed by atoms with Crippen LogP contribution in [0, 0.1) is 0 Å². The van der Waals surface area contributed by atoms with Crippen molar-refractivity contribution in [3.63, 3.8) is 0 Å². The molecule has 2 aliphatic rings. The molecule has 0 radical (unpaired) electrons. The fraction of sp³-hybridized carbons (Fsp3) is 1.00. The fourth-order valence-corrected chi connectivity index (χ4v) is 1.89. The second-order valence-electron chi connectivity index (χ2n) is 4.04. The molecule has 0 aromatic heterocycles. The summed E-state index contributed by atoms with van der Waals surface area (Å²) in [6.45, 7) is 2.24. The van der Waals surface area contributed by atoms with E-state index < -0.39 is 0 Å². The van der Waals surface area contributed by atoms with Gasteiger partial charge in [-0.3, -0.25) is 0 Å². The second kappa shape index (κ2) is 5.07. The van der Waals surface area contributed by atoms with Crippen LogP contribution in [0.1, 0.15) is 19.3 Å². The molecule has 1 N–H and O–H groups in total. The number of hydrogen-bond acceptors (Lipinski definition) is 4. The van der Waals surface area contributed by atoms with Crippen molar-refractivity contribution >= 4 is 0 Å². The molecule has 0 bridgehead atoms. The highest BCUT2D eigenvalue weighted by atomic mass is 16.7. The van der Waals surface area contributed by atoms with Gasteiger partial charge in [0.05, 0.1) is 18.8 Å². The van der Waals surface area contributed by atoms with Gasteiger partial charge in [0, 0.05) is 19.7 Å². The summed E-state index contributed by atoms with van der Waals surface area (Å²) >= 11 is 0. The first kappa shape index (κ1) is 10.4. The zero-order chi connectivity index (χ0) is 9.80. The summed E-state index contributed by atoms with van der Waals surface area (Å²) in [6, 6.07) is 0.631. The van der Waals surface area contributed by atoms with Crippen LogP contribution in [0.25, 0.3) is 0 Å². The number of rotatable bonds is 4. The number of ether oxygens (including phenoxy) is 3. The maximum atomic E-state index is 5.43. The summed E-state index contributed by atoms with van der Waals surface area (Å²) in [5.41, 5.74) is 0. The molecule has 1 aliphatic heterocycles. The molecule has 0 spiro atoms. The van der Waals surface area contributed by atoms with E-state index in [1.807, 2.05) is 0 Å². The summed E-state index contributed by atoms with van der Waals surface area (Å²) in [6.07, 6.45) is 4.10. The first-order chi connectivity index (χ1) is 6.88. The molecule has 1 saturated carbocycles. The van der Waals surface area contributed by atoms with Gasteiger partial charge < -0.3 is 19.5 Å². The molecule has 0 aromatic rings. The van der Waals surface area contributed by atoms with Gasteiger partial charge >= 0.3 is 0 Å². The maximum absolute atomic E-state index is 5.43. The number of hydrogen-bond donors (Lipinski definition) is 1. The molecule has 0 amide bonds. The van der Waals surface area contributed by atoms with E-state index in [-0.39, 0.29) is 0 Å². The molecule has 1 aliphatic carbocycles. The largest absolute Gasteiger partial charge is 0.381 e. The summed E-state index contributed by atoms with van der Waals surface area (Å²) in [5, 5.41) is 3.49. The summed E-state index contributed by atoms with van der Waals surface area (Å²) in [5.74, 6) is 0. The van der Waals surface area contributed by atoms with E-state index in [4.69, 9.17) is 14.2 Å². The Morgan fingerprint density at radius 1 is 1.43 bits per heavy atom. The highest BCUT2D eigenvalue weighted by Crippen LogP contribution is 2.22. The monoisotopic (exact) mass is 201 g/mol. The highest BCUT2D eigenvalue weighted by molar-refractivity contribution is 4.86. The zero-order valence-corrected chi connectivity index (χ0v) is 8.70. The Kier molecular flexibility index (Phi) is 3.75. The lowest BCUT2D eigenvalue weighted by Crippen LogP contribution is -2.48. The van der Waals surface area contributed by atoms with Crippen LogP contribution in [0.3, 0.4) is 0 Å². The van der Waals surface area contributed by atoms with Gasteiger partial charge in [0.1, 0.15) is 6.79 Å². The predicted octanol–water partition coefficient (Wildman–Crippen LogP) is 0.516. The molecular weight excluding hydrogens is 182 g/mol. The SMILES string of the molecule is COC1CC(NCC2CCOCO2)C1. The number of methoxy groups -OCH3 is 1. The molecule has 1 saturated heterocycles. The van der Waals surface area contributed by atoms with Crippen LogP contribution in [0.15, 0.2) is 0 Å². The third-order valence-corrected chi connectivity index (χ3v) is 3.03. The molecular formula is C10H19NO3. The van der Waals surface area contributed by atoms with Gasteiger partial charge in [-0.05, 0) is 19.3 Å². The second-order valence-corrected chi connectivity index (χ2v) is 4.04. The highest BCUT2D eigenvalue weighted by Gasteiger charge is 2.29. The van der Waals surface area contributed by atoms with Crippen molar-refractivity contribution in [3.8, 4) is 0 Å². The predicted molar refractivity (Wildman–Crippen MR) is 52.1 cm³/mol. The van der Waals surface area contributed by atoms with Crippen molar-refractivity contribution < 1.29 is 14.2 Å². The van der Waals surface area contributed by atoms with Crippen LogP contribution in [0.2, 0.25) is 0 Å². The van der Waals surface area contributed by atoms with Crippen LogP contribution in [-0.4, -0.2) is 45.3 Å². The van der Waals surface area contributed by atoms with E-state index in [1.165, 1.54) is 0 Å². The number of nitrogens with one attached hydrogen (secondary N) is 1. The van der Waals surface area contributed by atoms with Crippen LogP contribution in [-0.2, 0) is 14.2 Å². The van der Waals surface area contributed by atoms with Crippen molar-refractivity contribution in [1.29, 1.82) is 0 Å². The lowest BCUT2D eigenvalue weighted by atomic mass is 9.89. The van der Waals surface area contributed by atoms with Gasteiger partial charge in [0.15, 0.2) is 0 Å². The maximum Gasteiger partial charge on any atom is 0.147 e. The van der Waals surface area contributed by atoms with E-state index in [2.05, 4.69) is 5.32 Å². The quantitative estimate of drug-likeness (QED) is 0.719. The molecule has 1 atom stereocenters. The Bertz CT molecular complexity index is 165. The normalized spacial score (nSPS) is 37.9. The Balaban J connectivity index is 1.54. The molecule has 0 aromatic carbocycles. The Hall–Kier alpha value is -0.160. The fourth-order valence-electron chi connectivity index (χ4n) is 1.89. The minimum atomic E-state index is 0.338. The Labute approximate surface area is 84.9 Å². The summed E-state index contributed by atoms with van der Waals surface area (Å²) < 4.78 is 15.8. The van der Waals surface area contributed by atoms with Crippen LogP contribution < -0.4 is 5.32 Å². The minimum Gasteiger partial charge on any atom is -0.381 e. The van der Waals surface area contributed by atoms with Gasteiger partial charge in [-0.15, -0.1) is 0 Å². The molecule has 1 heterocycles. The molecule has 2 fully saturated rings. The molecule has 82 valence electrons. The smallest absolute Gasteiger partial charge is 0.147 e. The third kappa shape index (κ3) is 2.67. The van der Waals surface area contributed by atoms with E-state index in [9.17, 15) is 0 Å². The van der Waals surface area contributed by atoms with Crippen LogP contribution in [0.4, 0.5) is 0 Å². The van der Waals surface area contributed by atoms with Crippen molar-refractivity contribution in [2.45, 2.75) is 37.5 Å². The van der Waals surface area contributed by atoms with Crippen LogP contribution in [0.5, 0.6) is 0 Å². The van der Waals surface area contributed by atoms with Crippen molar-refractivity contribution in [2.75, 3.05) is 27.1 Å². The Morgan fingerprint density at radius 3 is 2.93 bits per heavy atom. The van der Waals surface area contributed by atoms with E-state index in [1.54, 1.807) is 7.11 Å². The lowest BCUT2D eigenvalue weighted by molar-refractivity contribution is -0.138. The topological polar surface area (TPSA) is 39.7 Å². The third-order valence-electron chi connectivity index (χ3n) is 3.03. The molecule has 2 rings (SSSR count). The van der Waals surface area contributed by atoms with Gasteiger partial charge in [0.2, 0.25) is 0 Å². The zero-order valence-electron chi connectivity index (χ0n) is 8.70. The first-order valence-corrected chi connectivity index (χ1v) is 5.34. The van der Waals surface area contributed by atoms with Gasteiger partial charge in [-0.1, -0.05) is 0 Å². The van der Waals surface area contributed by atoms with Crippen molar-refractivity contribution in [1.82, 2.24) is 5.32 Å². The molecule has 4 nitrogen and oxygen atoms in total. The van der Waals surface area contributed by atoms with E-state index >= 15 is 0 Å². The van der Waals surface area contributed by atoms with Crippen LogP contribution >= 0.6 is 0 Å². The van der Waals surface area contributed by atoms with E-state index in [0.717, 1.165) is 32.4 Å². The van der Waals surface area contributed by atoms with Crippen molar-refractivity contribution in [3.05, 3.63) is 0 Å². The van der Waals surface area contributed by atoms with E-state index in [0.29, 0.717) is 25.0 Å². The molecule has 14 heavy (non-hydrogen) atoms. The van der Waals surface area contributed by atoms with Crippen molar-refractivity contribution in [2.24, 2.45) is 0 Å². The first-order valence-electron chi connectivity index (χ1n) is 5.34. The van der Waals surface area contributed by atoms with Gasteiger partial charge in [-0.2, -0.15) is 0 Å². The summed E-state index contributed by atoms with van der Waals surface area (Å²) in [7, 11) is 1.78. The molecule has 1 unspecified atom stereocenters. The standard InChI is InChI=1S/C10H19NO3/c1-12-10-4-8(5-10)11-6-9-2-3-13-7-14-9/h8-11H,2-7H2,1H3. The van der Waals surface area contributed by atoms with Gasteiger partial charge in [-0.25, -0.2) is 0 Å². The lowest BCUT2D eigenvalue weighted by Gasteiger charge is -2.36. The minimum absolute atomic E-state index is 0.338. The summed E-state index contributed by atoms with van der Waals surface area (Å²) in [4.78, 5) is 0.